The molecule has 3 nitrogen and oxygen atoms in total. The van der Waals surface area contributed by atoms with E-state index in [4.69, 9.17) is 22.1 Å². The first-order chi connectivity index (χ1) is 8.72. The molecule has 2 aromatic rings. The lowest BCUT2D eigenvalue weighted by molar-refractivity contribution is 0.335. The van der Waals surface area contributed by atoms with Crippen molar-refractivity contribution >= 4 is 11.6 Å². The third-order valence-corrected chi connectivity index (χ3v) is 2.85. The number of nitrogens with two attached hydrogens (primary N) is 1. The topological polar surface area (TPSA) is 48.1 Å². The first-order valence-electron chi connectivity index (χ1n) is 5.81. The second kappa shape index (κ2) is 5.85. The molecule has 2 N–H and O–H groups in total. The van der Waals surface area contributed by atoms with Gasteiger partial charge in [0.2, 0.25) is 0 Å². The summed E-state index contributed by atoms with van der Waals surface area (Å²) < 4.78 is 5.57. The first-order valence-corrected chi connectivity index (χ1v) is 6.19. The van der Waals surface area contributed by atoms with Crippen molar-refractivity contribution in [2.45, 2.75) is 13.0 Å². The van der Waals surface area contributed by atoms with Crippen LogP contribution in [0.25, 0.3) is 0 Å². The lowest BCUT2D eigenvalue weighted by Gasteiger charge is -2.16. The first kappa shape index (κ1) is 12.9. The average molecular weight is 263 g/mol. The zero-order valence-electron chi connectivity index (χ0n) is 10.1. The molecule has 4 heteroatoms. The molecule has 0 saturated heterocycles. The van der Waals surface area contributed by atoms with Gasteiger partial charge in [-0.2, -0.15) is 0 Å². The maximum atomic E-state index is 6.21. The van der Waals surface area contributed by atoms with Crippen LogP contribution in [0.5, 0.6) is 5.75 Å². The van der Waals surface area contributed by atoms with E-state index < -0.39 is 0 Å². The van der Waals surface area contributed by atoms with Crippen molar-refractivity contribution in [2.24, 2.45) is 5.73 Å². The number of benzene rings is 1. The molecule has 1 heterocycles. The molecule has 2 rings (SSSR count). The molecule has 0 aliphatic carbocycles. The van der Waals surface area contributed by atoms with Crippen molar-refractivity contribution in [3.05, 3.63) is 58.9 Å². The van der Waals surface area contributed by atoms with Crippen molar-refractivity contribution in [3.8, 4) is 5.75 Å². The minimum atomic E-state index is -0.315. The highest BCUT2D eigenvalue weighted by atomic mass is 35.5. The van der Waals surface area contributed by atoms with E-state index in [0.717, 1.165) is 17.0 Å². The van der Waals surface area contributed by atoms with Crippen LogP contribution in [0.2, 0.25) is 5.02 Å². The van der Waals surface area contributed by atoms with Crippen LogP contribution in [0, 0.1) is 0 Å². The molecule has 94 valence electrons. The molecule has 0 amide bonds. The van der Waals surface area contributed by atoms with E-state index in [1.54, 1.807) is 12.3 Å². The minimum Gasteiger partial charge on any atom is -0.494 e. The summed E-state index contributed by atoms with van der Waals surface area (Å²) in [4.78, 5) is 4.24. The summed E-state index contributed by atoms with van der Waals surface area (Å²) in [5.74, 6) is 0.796. The second-order valence-corrected chi connectivity index (χ2v) is 4.29. The van der Waals surface area contributed by atoms with Gasteiger partial charge in [0.05, 0.1) is 23.4 Å². The lowest BCUT2D eigenvalue weighted by atomic mass is 10.0. The van der Waals surface area contributed by atoms with Crippen LogP contribution in [0.15, 0.2) is 42.6 Å². The van der Waals surface area contributed by atoms with Gasteiger partial charge in [0.25, 0.3) is 0 Å². The molecule has 0 fully saturated rings. The maximum absolute atomic E-state index is 6.21. The largest absolute Gasteiger partial charge is 0.494 e. The highest BCUT2D eigenvalue weighted by Gasteiger charge is 2.14. The fourth-order valence-electron chi connectivity index (χ4n) is 1.75. The molecule has 0 saturated carbocycles. The van der Waals surface area contributed by atoms with E-state index in [0.29, 0.717) is 11.6 Å². The van der Waals surface area contributed by atoms with Crippen molar-refractivity contribution in [2.75, 3.05) is 6.61 Å². The number of hydrogen-bond acceptors (Lipinski definition) is 3. The molecule has 1 aromatic carbocycles. The third kappa shape index (κ3) is 2.81. The molecule has 0 spiro atoms. The zero-order chi connectivity index (χ0) is 13.0. The predicted molar refractivity (Wildman–Crippen MR) is 72.9 cm³/mol. The number of halogens is 1. The van der Waals surface area contributed by atoms with E-state index in [2.05, 4.69) is 4.98 Å². The van der Waals surface area contributed by atoms with E-state index in [9.17, 15) is 0 Å². The second-order valence-electron chi connectivity index (χ2n) is 3.85. The van der Waals surface area contributed by atoms with Crippen LogP contribution in [-0.2, 0) is 0 Å². The zero-order valence-corrected chi connectivity index (χ0v) is 10.9. The fourth-order valence-corrected chi connectivity index (χ4v) is 1.87. The van der Waals surface area contributed by atoms with E-state index in [-0.39, 0.29) is 6.04 Å². The SMILES string of the molecule is CCOc1ccccc1C(N)c1ccc(Cl)cn1. The van der Waals surface area contributed by atoms with Crippen LogP contribution >= 0.6 is 11.6 Å². The van der Waals surface area contributed by atoms with Gasteiger partial charge < -0.3 is 10.5 Å². The number of hydrogen-bond donors (Lipinski definition) is 1. The normalized spacial score (nSPS) is 12.2. The summed E-state index contributed by atoms with van der Waals surface area (Å²) in [6, 6.07) is 11.0. The highest BCUT2D eigenvalue weighted by molar-refractivity contribution is 6.30. The average Bonchev–Trinajstić information content (AvgIpc) is 2.40. The van der Waals surface area contributed by atoms with Crippen LogP contribution in [0.4, 0.5) is 0 Å². The molecule has 1 unspecified atom stereocenters. The van der Waals surface area contributed by atoms with E-state index in [1.165, 1.54) is 0 Å². The summed E-state index contributed by atoms with van der Waals surface area (Å²) in [7, 11) is 0. The molecular formula is C14H15ClN2O. The molecule has 0 aliphatic heterocycles. The summed E-state index contributed by atoms with van der Waals surface area (Å²) in [6.07, 6.45) is 1.60. The van der Waals surface area contributed by atoms with Gasteiger partial charge in [0.15, 0.2) is 0 Å². The Bertz CT molecular complexity index is 513. The summed E-state index contributed by atoms with van der Waals surface area (Å²) in [5, 5.41) is 0.601. The monoisotopic (exact) mass is 262 g/mol. The van der Waals surface area contributed by atoms with Gasteiger partial charge in [-0.3, -0.25) is 4.98 Å². The maximum Gasteiger partial charge on any atom is 0.124 e. The quantitative estimate of drug-likeness (QED) is 0.921. The van der Waals surface area contributed by atoms with Crippen LogP contribution < -0.4 is 10.5 Å². The van der Waals surface area contributed by atoms with Crippen LogP contribution in [0.1, 0.15) is 24.2 Å². The molecule has 1 atom stereocenters. The van der Waals surface area contributed by atoms with Crippen molar-refractivity contribution in [3.63, 3.8) is 0 Å². The number of nitrogens with zero attached hydrogens (tertiary/aromatic N) is 1. The number of para-hydroxylation sites is 1. The van der Waals surface area contributed by atoms with Crippen molar-refractivity contribution < 1.29 is 4.74 Å². The van der Waals surface area contributed by atoms with Crippen molar-refractivity contribution in [1.82, 2.24) is 4.98 Å². The predicted octanol–water partition coefficient (Wildman–Crippen LogP) is 3.18. The van der Waals surface area contributed by atoms with Crippen molar-refractivity contribution in [1.29, 1.82) is 0 Å². The van der Waals surface area contributed by atoms with Gasteiger partial charge in [-0.15, -0.1) is 0 Å². The Morgan fingerprint density at radius 1 is 1.28 bits per heavy atom. The number of aromatic nitrogens is 1. The Morgan fingerprint density at radius 3 is 2.72 bits per heavy atom. The lowest BCUT2D eigenvalue weighted by Crippen LogP contribution is -2.14. The van der Waals surface area contributed by atoms with E-state index >= 15 is 0 Å². The molecule has 0 bridgehead atoms. The molecular weight excluding hydrogens is 248 g/mol. The Balaban J connectivity index is 2.33. The highest BCUT2D eigenvalue weighted by Crippen LogP contribution is 2.27. The van der Waals surface area contributed by atoms with Crippen LogP contribution in [-0.4, -0.2) is 11.6 Å². The Morgan fingerprint density at radius 2 is 2.06 bits per heavy atom. The Hall–Kier alpha value is -1.58. The van der Waals surface area contributed by atoms with Gasteiger partial charge in [0, 0.05) is 11.8 Å². The number of rotatable bonds is 4. The Labute approximate surface area is 112 Å². The minimum absolute atomic E-state index is 0.315. The molecule has 0 aliphatic rings. The van der Waals surface area contributed by atoms with Gasteiger partial charge in [0.1, 0.15) is 5.75 Å². The van der Waals surface area contributed by atoms with Gasteiger partial charge in [-0.25, -0.2) is 0 Å². The number of ether oxygens (including phenoxy) is 1. The summed E-state index contributed by atoms with van der Waals surface area (Å²) in [5.41, 5.74) is 7.91. The molecule has 18 heavy (non-hydrogen) atoms. The smallest absolute Gasteiger partial charge is 0.124 e. The summed E-state index contributed by atoms with van der Waals surface area (Å²) in [6.45, 7) is 2.56. The number of pyridine rings is 1. The van der Waals surface area contributed by atoms with Gasteiger partial charge >= 0.3 is 0 Å². The Kier molecular flexibility index (Phi) is 4.18. The van der Waals surface area contributed by atoms with Crippen LogP contribution in [0.3, 0.4) is 0 Å². The molecule has 0 radical (unpaired) electrons. The standard InChI is InChI=1S/C14H15ClN2O/c1-2-18-13-6-4-3-5-11(13)14(16)12-8-7-10(15)9-17-12/h3-9,14H,2,16H2,1H3. The van der Waals surface area contributed by atoms with E-state index in [1.807, 2.05) is 37.3 Å². The molecule has 1 aromatic heterocycles. The third-order valence-electron chi connectivity index (χ3n) is 2.62. The van der Waals surface area contributed by atoms with Gasteiger partial charge in [-0.1, -0.05) is 29.8 Å². The van der Waals surface area contributed by atoms with Gasteiger partial charge in [-0.05, 0) is 25.1 Å². The summed E-state index contributed by atoms with van der Waals surface area (Å²) >= 11 is 5.82. The fraction of sp³-hybridized carbons (Fsp3) is 0.214.